The summed E-state index contributed by atoms with van der Waals surface area (Å²) in [5, 5.41) is 8.98. The molecule has 1 atom stereocenters. The summed E-state index contributed by atoms with van der Waals surface area (Å²) >= 11 is 4.20. The molecule has 0 aliphatic heterocycles. The number of allylic oxidation sites excluding steroid dienone is 2. The maximum absolute atomic E-state index is 10.9. The van der Waals surface area contributed by atoms with Crippen molar-refractivity contribution in [1.29, 1.82) is 0 Å². The Balaban J connectivity index is 3.25. The number of hydrogen-bond acceptors (Lipinski definition) is 2. The quantitative estimate of drug-likeness (QED) is 0.164. The number of thiol groups is 1. The van der Waals surface area contributed by atoms with Crippen LogP contribution >= 0.6 is 12.6 Å². The Morgan fingerprint density at radius 3 is 1.71 bits per heavy atom. The zero-order chi connectivity index (χ0) is 18.1. The number of unbranched alkanes of at least 4 members (excludes halogenated alkanes) is 12. The second-order valence-electron chi connectivity index (χ2n) is 7.27. The SMILES string of the molecule is CCCCCCCCC=CCCCCCCCCC(C)(S)C(=O)O. The van der Waals surface area contributed by atoms with E-state index in [1.165, 1.54) is 77.0 Å². The molecule has 0 spiro atoms. The minimum absolute atomic E-state index is 0.659. The number of carbonyl (C=O) groups is 1. The van der Waals surface area contributed by atoms with Gasteiger partial charge in [0.2, 0.25) is 0 Å². The summed E-state index contributed by atoms with van der Waals surface area (Å²) in [5.41, 5.74) is 0. The topological polar surface area (TPSA) is 37.3 Å². The third-order valence-electron chi connectivity index (χ3n) is 4.64. The lowest BCUT2D eigenvalue weighted by Crippen LogP contribution is -2.28. The molecule has 0 aliphatic rings. The van der Waals surface area contributed by atoms with Gasteiger partial charge < -0.3 is 5.11 Å². The van der Waals surface area contributed by atoms with Gasteiger partial charge in [-0.25, -0.2) is 0 Å². The molecule has 0 aliphatic carbocycles. The molecule has 1 unspecified atom stereocenters. The van der Waals surface area contributed by atoms with Gasteiger partial charge in [0, 0.05) is 0 Å². The Morgan fingerprint density at radius 1 is 0.833 bits per heavy atom. The average molecular weight is 357 g/mol. The highest BCUT2D eigenvalue weighted by Gasteiger charge is 2.27. The van der Waals surface area contributed by atoms with Crippen molar-refractivity contribution >= 4 is 18.6 Å². The van der Waals surface area contributed by atoms with Crippen molar-refractivity contribution < 1.29 is 9.90 Å². The molecule has 0 amide bonds. The Kier molecular flexibility index (Phi) is 15.8. The van der Waals surface area contributed by atoms with Gasteiger partial charge in [0.15, 0.2) is 0 Å². The monoisotopic (exact) mass is 356 g/mol. The number of rotatable bonds is 17. The fourth-order valence-electron chi connectivity index (χ4n) is 2.82. The second kappa shape index (κ2) is 16.1. The van der Waals surface area contributed by atoms with Gasteiger partial charge in [0.05, 0.1) is 0 Å². The van der Waals surface area contributed by atoms with Crippen LogP contribution in [0.25, 0.3) is 0 Å². The highest BCUT2D eigenvalue weighted by atomic mass is 32.1. The van der Waals surface area contributed by atoms with Crippen molar-refractivity contribution in [3.8, 4) is 0 Å². The highest BCUT2D eigenvalue weighted by Crippen LogP contribution is 2.22. The van der Waals surface area contributed by atoms with E-state index < -0.39 is 10.7 Å². The first-order valence-electron chi connectivity index (χ1n) is 10.1. The minimum Gasteiger partial charge on any atom is -0.480 e. The van der Waals surface area contributed by atoms with Gasteiger partial charge in [-0.3, -0.25) is 4.79 Å². The van der Waals surface area contributed by atoms with E-state index in [4.69, 9.17) is 5.11 Å². The molecule has 0 radical (unpaired) electrons. The smallest absolute Gasteiger partial charge is 0.319 e. The largest absolute Gasteiger partial charge is 0.480 e. The van der Waals surface area contributed by atoms with E-state index >= 15 is 0 Å². The van der Waals surface area contributed by atoms with Crippen molar-refractivity contribution in [3.63, 3.8) is 0 Å². The Hall–Kier alpha value is -0.440. The standard InChI is InChI=1S/C21H40O2S/c1-3-4-5-6-7-8-9-10-11-12-13-14-15-16-17-18-19-21(2,24)20(22)23/h10-11,24H,3-9,12-19H2,1-2H3,(H,22,23). The molecule has 0 bridgehead atoms. The van der Waals surface area contributed by atoms with Crippen molar-refractivity contribution in [1.82, 2.24) is 0 Å². The summed E-state index contributed by atoms with van der Waals surface area (Å²) in [5.74, 6) is -0.807. The van der Waals surface area contributed by atoms with Gasteiger partial charge in [-0.2, -0.15) is 12.6 Å². The van der Waals surface area contributed by atoms with Crippen molar-refractivity contribution in [2.24, 2.45) is 0 Å². The van der Waals surface area contributed by atoms with Gasteiger partial charge in [-0.1, -0.05) is 83.3 Å². The van der Waals surface area contributed by atoms with E-state index in [1.54, 1.807) is 6.92 Å². The fourth-order valence-corrected chi connectivity index (χ4v) is 2.98. The zero-order valence-electron chi connectivity index (χ0n) is 16.1. The summed E-state index contributed by atoms with van der Waals surface area (Å²) in [4.78, 5) is 10.9. The molecule has 0 saturated carbocycles. The third-order valence-corrected chi connectivity index (χ3v) is 5.05. The lowest BCUT2D eigenvalue weighted by molar-refractivity contribution is -0.139. The van der Waals surface area contributed by atoms with Crippen molar-refractivity contribution in [2.75, 3.05) is 0 Å². The van der Waals surface area contributed by atoms with Gasteiger partial charge in [0.1, 0.15) is 4.75 Å². The predicted octanol–water partition coefficient (Wildman–Crippen LogP) is 7.19. The molecular formula is C21H40O2S. The van der Waals surface area contributed by atoms with Crippen LogP contribution in [0.15, 0.2) is 12.2 Å². The normalized spacial score (nSPS) is 14.1. The Bertz CT molecular complexity index is 324. The van der Waals surface area contributed by atoms with Crippen LogP contribution in [0.4, 0.5) is 0 Å². The molecule has 3 heteroatoms. The van der Waals surface area contributed by atoms with E-state index in [9.17, 15) is 4.79 Å². The van der Waals surface area contributed by atoms with E-state index in [0.29, 0.717) is 6.42 Å². The molecule has 0 heterocycles. The predicted molar refractivity (Wildman–Crippen MR) is 109 cm³/mol. The fraction of sp³-hybridized carbons (Fsp3) is 0.857. The van der Waals surface area contributed by atoms with Crippen LogP contribution in [0.1, 0.15) is 110 Å². The molecule has 0 rings (SSSR count). The van der Waals surface area contributed by atoms with Crippen LogP contribution in [0.3, 0.4) is 0 Å². The summed E-state index contributed by atoms with van der Waals surface area (Å²) in [6.45, 7) is 3.95. The van der Waals surface area contributed by atoms with Crippen LogP contribution in [0.2, 0.25) is 0 Å². The second-order valence-corrected chi connectivity index (χ2v) is 8.25. The molecule has 24 heavy (non-hydrogen) atoms. The first-order valence-corrected chi connectivity index (χ1v) is 10.6. The molecule has 2 nitrogen and oxygen atoms in total. The van der Waals surface area contributed by atoms with Crippen LogP contribution in [-0.4, -0.2) is 15.8 Å². The van der Waals surface area contributed by atoms with E-state index in [2.05, 4.69) is 31.7 Å². The summed E-state index contributed by atoms with van der Waals surface area (Å²) < 4.78 is -0.860. The van der Waals surface area contributed by atoms with Gasteiger partial charge >= 0.3 is 5.97 Å². The molecule has 0 aromatic heterocycles. The molecule has 0 aromatic carbocycles. The molecule has 0 aromatic rings. The lowest BCUT2D eigenvalue weighted by atomic mass is 10.0. The summed E-state index contributed by atoms with van der Waals surface area (Å²) in [7, 11) is 0. The first kappa shape index (κ1) is 23.6. The maximum Gasteiger partial charge on any atom is 0.319 e. The lowest BCUT2D eigenvalue weighted by Gasteiger charge is -2.17. The maximum atomic E-state index is 10.9. The zero-order valence-corrected chi connectivity index (χ0v) is 17.0. The Labute approximate surface area is 155 Å². The van der Waals surface area contributed by atoms with Crippen LogP contribution in [0, 0.1) is 0 Å². The number of hydrogen-bond donors (Lipinski definition) is 2. The average Bonchev–Trinajstić information content (AvgIpc) is 2.54. The van der Waals surface area contributed by atoms with Gasteiger partial charge in [-0.05, 0) is 39.0 Å². The number of aliphatic carboxylic acids is 1. The third kappa shape index (κ3) is 15.1. The van der Waals surface area contributed by atoms with Crippen LogP contribution < -0.4 is 0 Å². The van der Waals surface area contributed by atoms with Crippen molar-refractivity contribution in [3.05, 3.63) is 12.2 Å². The highest BCUT2D eigenvalue weighted by molar-refractivity contribution is 7.82. The minimum atomic E-state index is -0.860. The summed E-state index contributed by atoms with van der Waals surface area (Å²) in [6, 6.07) is 0. The van der Waals surface area contributed by atoms with Gasteiger partial charge in [-0.15, -0.1) is 0 Å². The molecule has 1 N–H and O–H groups in total. The Morgan fingerprint density at radius 2 is 1.25 bits per heavy atom. The first-order chi connectivity index (χ1) is 11.5. The van der Waals surface area contributed by atoms with Crippen LogP contribution in [-0.2, 0) is 4.79 Å². The van der Waals surface area contributed by atoms with Gasteiger partial charge in [0.25, 0.3) is 0 Å². The molecule has 0 fully saturated rings. The molecule has 142 valence electrons. The van der Waals surface area contributed by atoms with Crippen molar-refractivity contribution in [2.45, 2.75) is 115 Å². The molecular weight excluding hydrogens is 316 g/mol. The number of carboxylic acids is 1. The van der Waals surface area contributed by atoms with Crippen LogP contribution in [0.5, 0.6) is 0 Å². The van der Waals surface area contributed by atoms with E-state index in [0.717, 1.165) is 12.8 Å². The summed E-state index contributed by atoms with van der Waals surface area (Å²) in [6.07, 6.45) is 23.2. The molecule has 0 saturated heterocycles. The van der Waals surface area contributed by atoms with E-state index in [-0.39, 0.29) is 0 Å². The number of carboxylic acid groups (broad SMARTS) is 1. The van der Waals surface area contributed by atoms with E-state index in [1.807, 2.05) is 0 Å².